The van der Waals surface area contributed by atoms with Crippen molar-refractivity contribution in [2.24, 2.45) is 5.92 Å². The highest BCUT2D eigenvalue weighted by molar-refractivity contribution is 5.79. The zero-order valence-corrected chi connectivity index (χ0v) is 12.9. The summed E-state index contributed by atoms with van der Waals surface area (Å²) in [4.78, 5) is 25.8. The molecular weight excluding hydrogens is 270 g/mol. The van der Waals surface area contributed by atoms with Gasteiger partial charge in [-0.05, 0) is 45.7 Å². The first-order valence-electron chi connectivity index (χ1n) is 8.07. The first-order chi connectivity index (χ1) is 10.2. The molecule has 0 radical (unpaired) electrons. The number of nitrogens with one attached hydrogen (secondary N) is 2. The molecule has 0 aromatic heterocycles. The highest BCUT2D eigenvalue weighted by atomic mass is 16.5. The Balaban J connectivity index is 1.61. The summed E-state index contributed by atoms with van der Waals surface area (Å²) in [6, 6.07) is 0. The van der Waals surface area contributed by atoms with Crippen molar-refractivity contribution in [1.29, 1.82) is 0 Å². The number of carbonyl (C=O) groups excluding carboxylic acids is 2. The molecule has 0 aromatic rings. The van der Waals surface area contributed by atoms with E-state index >= 15 is 0 Å². The van der Waals surface area contributed by atoms with Crippen molar-refractivity contribution in [1.82, 2.24) is 15.5 Å². The Hall–Kier alpha value is -1.14. The van der Waals surface area contributed by atoms with Crippen molar-refractivity contribution >= 4 is 11.8 Å². The molecule has 0 aliphatic carbocycles. The monoisotopic (exact) mass is 297 g/mol. The van der Waals surface area contributed by atoms with Crippen LogP contribution in [0.4, 0.5) is 0 Å². The van der Waals surface area contributed by atoms with Crippen molar-refractivity contribution in [3.63, 3.8) is 0 Å². The molecule has 6 nitrogen and oxygen atoms in total. The van der Waals surface area contributed by atoms with Crippen molar-refractivity contribution in [2.75, 3.05) is 39.3 Å². The molecule has 2 amide bonds. The summed E-state index contributed by atoms with van der Waals surface area (Å²) in [7, 11) is 0. The van der Waals surface area contributed by atoms with Crippen LogP contribution in [0.25, 0.3) is 0 Å². The second kappa shape index (κ2) is 8.34. The van der Waals surface area contributed by atoms with Gasteiger partial charge in [0.05, 0.1) is 12.6 Å². The molecule has 0 aromatic carbocycles. The van der Waals surface area contributed by atoms with Gasteiger partial charge in [-0.25, -0.2) is 0 Å². The Morgan fingerprint density at radius 3 is 2.57 bits per heavy atom. The second-order valence-corrected chi connectivity index (χ2v) is 5.88. The van der Waals surface area contributed by atoms with Crippen molar-refractivity contribution in [3.8, 4) is 0 Å². The summed E-state index contributed by atoms with van der Waals surface area (Å²) in [6.45, 7) is 6.11. The zero-order chi connectivity index (χ0) is 15.1. The Bertz CT molecular complexity index is 348. The van der Waals surface area contributed by atoms with Crippen LogP contribution in [0.1, 0.15) is 32.6 Å². The molecule has 120 valence electrons. The van der Waals surface area contributed by atoms with Gasteiger partial charge in [-0.2, -0.15) is 0 Å². The van der Waals surface area contributed by atoms with Crippen molar-refractivity contribution < 1.29 is 14.3 Å². The lowest BCUT2D eigenvalue weighted by atomic mass is 9.96. The molecule has 0 saturated carbocycles. The summed E-state index contributed by atoms with van der Waals surface area (Å²) in [5, 5.41) is 5.81. The maximum absolute atomic E-state index is 11.9. The van der Waals surface area contributed by atoms with Crippen LogP contribution in [0.3, 0.4) is 0 Å². The quantitative estimate of drug-likeness (QED) is 0.731. The number of hydrogen-bond acceptors (Lipinski definition) is 4. The maximum Gasteiger partial charge on any atom is 0.234 e. The number of carbonyl (C=O) groups is 2. The molecule has 21 heavy (non-hydrogen) atoms. The lowest BCUT2D eigenvalue weighted by Crippen LogP contribution is -2.45. The molecule has 2 rings (SSSR count). The lowest BCUT2D eigenvalue weighted by Gasteiger charge is -2.30. The van der Waals surface area contributed by atoms with Gasteiger partial charge in [0.15, 0.2) is 0 Å². The number of nitrogens with zero attached hydrogens (tertiary/aromatic N) is 1. The largest absolute Gasteiger partial charge is 0.376 e. The van der Waals surface area contributed by atoms with Gasteiger partial charge >= 0.3 is 0 Å². The predicted molar refractivity (Wildman–Crippen MR) is 79.8 cm³/mol. The average Bonchev–Trinajstić information content (AvgIpc) is 2.99. The summed E-state index contributed by atoms with van der Waals surface area (Å²) < 4.78 is 5.48. The minimum atomic E-state index is 0.0574. The van der Waals surface area contributed by atoms with Gasteiger partial charge in [0, 0.05) is 25.6 Å². The van der Waals surface area contributed by atoms with Crippen LogP contribution < -0.4 is 10.6 Å². The zero-order valence-electron chi connectivity index (χ0n) is 12.9. The predicted octanol–water partition coefficient (Wildman–Crippen LogP) is 0.130. The lowest BCUT2D eigenvalue weighted by molar-refractivity contribution is -0.126. The molecule has 0 bridgehead atoms. The van der Waals surface area contributed by atoms with Gasteiger partial charge in [0.25, 0.3) is 0 Å². The normalized spacial score (nSPS) is 24.0. The van der Waals surface area contributed by atoms with Gasteiger partial charge in [-0.1, -0.05) is 0 Å². The van der Waals surface area contributed by atoms with Crippen LogP contribution in [-0.2, 0) is 14.3 Å². The first kappa shape index (κ1) is 16.2. The van der Waals surface area contributed by atoms with Gasteiger partial charge in [-0.15, -0.1) is 0 Å². The third-order valence-electron chi connectivity index (χ3n) is 4.23. The fourth-order valence-corrected chi connectivity index (χ4v) is 2.96. The first-order valence-corrected chi connectivity index (χ1v) is 8.07. The molecular formula is C15H27N3O3. The highest BCUT2D eigenvalue weighted by Crippen LogP contribution is 2.17. The van der Waals surface area contributed by atoms with E-state index in [1.54, 1.807) is 0 Å². The fourth-order valence-electron chi connectivity index (χ4n) is 2.96. The van der Waals surface area contributed by atoms with Gasteiger partial charge in [-0.3, -0.25) is 14.5 Å². The molecule has 6 heteroatoms. The Morgan fingerprint density at radius 2 is 1.95 bits per heavy atom. The fraction of sp³-hybridized carbons (Fsp3) is 0.867. The minimum absolute atomic E-state index is 0.0574. The molecule has 2 heterocycles. The van der Waals surface area contributed by atoms with Crippen LogP contribution in [0.2, 0.25) is 0 Å². The Labute approximate surface area is 126 Å². The van der Waals surface area contributed by atoms with E-state index in [4.69, 9.17) is 4.74 Å². The van der Waals surface area contributed by atoms with Crippen molar-refractivity contribution in [3.05, 3.63) is 0 Å². The molecule has 1 unspecified atom stereocenters. The maximum atomic E-state index is 11.9. The average molecular weight is 297 g/mol. The van der Waals surface area contributed by atoms with Crippen LogP contribution >= 0.6 is 0 Å². The SMILES string of the molecule is CCNC(=O)C1CCN(CC(=O)NCC2CCCO2)CC1. The Kier molecular flexibility index (Phi) is 6.45. The van der Waals surface area contributed by atoms with Crippen LogP contribution in [-0.4, -0.2) is 62.1 Å². The van der Waals surface area contributed by atoms with Crippen molar-refractivity contribution in [2.45, 2.75) is 38.7 Å². The summed E-state index contributed by atoms with van der Waals surface area (Å²) in [6.07, 6.45) is 4.00. The summed E-state index contributed by atoms with van der Waals surface area (Å²) >= 11 is 0. The Morgan fingerprint density at radius 1 is 1.19 bits per heavy atom. The third kappa shape index (κ3) is 5.28. The van der Waals surface area contributed by atoms with Gasteiger partial charge < -0.3 is 15.4 Å². The standard InChI is InChI=1S/C15H27N3O3/c1-2-16-15(20)12-5-7-18(8-6-12)11-14(19)17-10-13-4-3-9-21-13/h12-13H,2-11H2,1H3,(H,16,20)(H,17,19). The van der Waals surface area contributed by atoms with Crippen LogP contribution in [0.5, 0.6) is 0 Å². The number of rotatable bonds is 6. The number of piperidine rings is 1. The van der Waals surface area contributed by atoms with E-state index in [0.29, 0.717) is 19.6 Å². The van der Waals surface area contributed by atoms with E-state index < -0.39 is 0 Å². The molecule has 2 N–H and O–H groups in total. The number of ether oxygens (including phenoxy) is 1. The van der Waals surface area contributed by atoms with E-state index in [2.05, 4.69) is 15.5 Å². The summed E-state index contributed by atoms with van der Waals surface area (Å²) in [5.74, 6) is 0.318. The van der Waals surface area contributed by atoms with Gasteiger partial charge in [0.2, 0.25) is 11.8 Å². The second-order valence-electron chi connectivity index (χ2n) is 5.88. The number of hydrogen-bond donors (Lipinski definition) is 2. The molecule has 1 atom stereocenters. The minimum Gasteiger partial charge on any atom is -0.376 e. The van der Waals surface area contributed by atoms with Gasteiger partial charge in [0.1, 0.15) is 0 Å². The van der Waals surface area contributed by atoms with E-state index in [0.717, 1.165) is 45.4 Å². The molecule has 2 saturated heterocycles. The highest BCUT2D eigenvalue weighted by Gasteiger charge is 2.25. The van der Waals surface area contributed by atoms with E-state index in [-0.39, 0.29) is 23.8 Å². The smallest absolute Gasteiger partial charge is 0.234 e. The number of likely N-dealkylation sites (tertiary alicyclic amines) is 1. The third-order valence-corrected chi connectivity index (χ3v) is 4.23. The van der Waals surface area contributed by atoms with E-state index in [1.165, 1.54) is 0 Å². The topological polar surface area (TPSA) is 70.7 Å². The van der Waals surface area contributed by atoms with Crippen LogP contribution in [0, 0.1) is 5.92 Å². The van der Waals surface area contributed by atoms with E-state index in [9.17, 15) is 9.59 Å². The van der Waals surface area contributed by atoms with Crippen LogP contribution in [0.15, 0.2) is 0 Å². The molecule has 0 spiro atoms. The molecule has 2 aliphatic rings. The number of amides is 2. The summed E-state index contributed by atoms with van der Waals surface area (Å²) in [5.41, 5.74) is 0. The van der Waals surface area contributed by atoms with E-state index in [1.807, 2.05) is 6.92 Å². The molecule has 2 fully saturated rings. The molecule has 2 aliphatic heterocycles.